The summed E-state index contributed by atoms with van der Waals surface area (Å²) in [5, 5.41) is 3.05. The van der Waals surface area contributed by atoms with Crippen molar-refractivity contribution in [3.05, 3.63) is 48.0 Å². The summed E-state index contributed by atoms with van der Waals surface area (Å²) in [5.74, 6) is 0.589. The van der Waals surface area contributed by atoms with Crippen LogP contribution in [0.2, 0.25) is 0 Å². The summed E-state index contributed by atoms with van der Waals surface area (Å²) >= 11 is 0. The van der Waals surface area contributed by atoms with Crippen molar-refractivity contribution in [2.45, 2.75) is 83.5 Å². The van der Waals surface area contributed by atoms with Crippen LogP contribution in [0.1, 0.15) is 57.6 Å². The molecule has 5 aliphatic rings. The minimum Gasteiger partial charge on any atom is -0.447 e. The second kappa shape index (κ2) is 9.53. The van der Waals surface area contributed by atoms with Gasteiger partial charge in [-0.1, -0.05) is 50.3 Å². The number of alkyl carbamates (subject to hydrolysis) is 1. The number of amides is 2. The third-order valence-electron chi connectivity index (χ3n) is 9.42. The lowest BCUT2D eigenvalue weighted by molar-refractivity contribution is -0.199. The number of carbonyl (C=O) groups is 2. The summed E-state index contributed by atoms with van der Waals surface area (Å²) in [5.41, 5.74) is 2.18. The fourth-order valence-corrected chi connectivity index (χ4v) is 7.05. The van der Waals surface area contributed by atoms with Gasteiger partial charge >= 0.3 is 13.2 Å². The minimum atomic E-state index is -0.547. The second-order valence-electron chi connectivity index (χ2n) is 11.9. The molecule has 3 aliphatic carbocycles. The predicted molar refractivity (Wildman–Crippen MR) is 138 cm³/mol. The van der Waals surface area contributed by atoms with Crippen LogP contribution in [0.25, 0.3) is 0 Å². The first kappa shape index (κ1) is 25.3. The van der Waals surface area contributed by atoms with Gasteiger partial charge in [-0.15, -0.1) is 0 Å². The van der Waals surface area contributed by atoms with E-state index in [-0.39, 0.29) is 35.7 Å². The van der Waals surface area contributed by atoms with Crippen molar-refractivity contribution in [1.82, 2.24) is 10.2 Å². The Morgan fingerprint density at radius 1 is 1.28 bits per heavy atom. The lowest BCUT2D eigenvalue weighted by Crippen LogP contribution is -2.65. The highest BCUT2D eigenvalue weighted by molar-refractivity contribution is 6.47. The second-order valence-corrected chi connectivity index (χ2v) is 11.9. The number of ether oxygens (including phenoxy) is 1. The number of hydrogen-bond acceptors (Lipinski definition) is 5. The zero-order chi connectivity index (χ0) is 25.7. The molecule has 2 bridgehead atoms. The maximum atomic E-state index is 13.0. The van der Waals surface area contributed by atoms with Gasteiger partial charge in [-0.25, -0.2) is 4.79 Å². The Balaban J connectivity index is 1.27. The first-order valence-electron chi connectivity index (χ1n) is 13.4. The van der Waals surface area contributed by atoms with Gasteiger partial charge in [-0.3, -0.25) is 4.79 Å². The molecule has 1 aromatic carbocycles. The standard InChI is InChI=1S/C28H39BN2O5/c1-6-25(32)31-13-7-8-21(31)17-34-26(33)30-24(14-19-11-9-18(2)10-12-19)29-35-23-16-20-15-22(27(20,3)4)28(23,5)36-29/h6,9-12,20-24H,1,7-8,13-17H2,2-5H3,(H,30,33)/t20-,21+,22-,23+,24?,28-/m0/s1. The van der Waals surface area contributed by atoms with Crippen LogP contribution in [-0.2, 0) is 25.3 Å². The zero-order valence-corrected chi connectivity index (χ0v) is 22.0. The van der Waals surface area contributed by atoms with Crippen LogP contribution < -0.4 is 5.32 Å². The first-order chi connectivity index (χ1) is 17.1. The number of hydrogen-bond donors (Lipinski definition) is 1. The van der Waals surface area contributed by atoms with E-state index >= 15 is 0 Å². The Kier molecular flexibility index (Phi) is 6.71. The highest BCUT2D eigenvalue weighted by atomic mass is 16.7. The molecule has 5 fully saturated rings. The van der Waals surface area contributed by atoms with Gasteiger partial charge in [-0.2, -0.15) is 0 Å². The van der Waals surface area contributed by atoms with Crippen molar-refractivity contribution >= 4 is 19.1 Å². The maximum absolute atomic E-state index is 13.0. The molecule has 2 saturated heterocycles. The maximum Gasteiger partial charge on any atom is 0.482 e. The Hall–Kier alpha value is -2.32. The van der Waals surface area contributed by atoms with Crippen molar-refractivity contribution in [1.29, 1.82) is 0 Å². The molecule has 6 rings (SSSR count). The van der Waals surface area contributed by atoms with Gasteiger partial charge in [-0.05, 0) is 74.8 Å². The molecule has 2 aliphatic heterocycles. The Morgan fingerprint density at radius 3 is 2.72 bits per heavy atom. The molecule has 194 valence electrons. The van der Waals surface area contributed by atoms with Gasteiger partial charge < -0.3 is 24.3 Å². The summed E-state index contributed by atoms with van der Waals surface area (Å²) in [7, 11) is -0.547. The summed E-state index contributed by atoms with van der Waals surface area (Å²) in [6, 6.07) is 8.19. The molecule has 36 heavy (non-hydrogen) atoms. The molecule has 1 unspecified atom stereocenters. The van der Waals surface area contributed by atoms with Gasteiger partial charge in [0.25, 0.3) is 0 Å². The number of rotatable bonds is 7. The van der Waals surface area contributed by atoms with Crippen LogP contribution in [0.3, 0.4) is 0 Å². The fraction of sp³-hybridized carbons (Fsp3) is 0.643. The van der Waals surface area contributed by atoms with Crippen LogP contribution in [0, 0.1) is 24.2 Å². The van der Waals surface area contributed by atoms with Gasteiger partial charge in [0.15, 0.2) is 0 Å². The molecule has 2 heterocycles. The molecule has 3 saturated carbocycles. The third-order valence-corrected chi connectivity index (χ3v) is 9.42. The van der Waals surface area contributed by atoms with Crippen molar-refractivity contribution in [2.75, 3.05) is 13.2 Å². The molecule has 6 atom stereocenters. The van der Waals surface area contributed by atoms with Crippen LogP contribution in [0.5, 0.6) is 0 Å². The van der Waals surface area contributed by atoms with Crippen LogP contribution in [0.15, 0.2) is 36.9 Å². The van der Waals surface area contributed by atoms with Crippen molar-refractivity contribution < 1.29 is 23.6 Å². The number of aryl methyl sites for hydroxylation is 1. The monoisotopic (exact) mass is 494 g/mol. The molecule has 2 amide bonds. The van der Waals surface area contributed by atoms with E-state index in [2.05, 4.69) is 63.9 Å². The molecule has 0 spiro atoms. The zero-order valence-electron chi connectivity index (χ0n) is 22.0. The Morgan fingerprint density at radius 2 is 2.03 bits per heavy atom. The minimum absolute atomic E-state index is 0.0366. The lowest BCUT2D eigenvalue weighted by Gasteiger charge is -2.64. The van der Waals surface area contributed by atoms with E-state index < -0.39 is 19.2 Å². The van der Waals surface area contributed by atoms with E-state index in [0.717, 1.165) is 24.8 Å². The average molecular weight is 494 g/mol. The Labute approximate surface area is 215 Å². The molecule has 0 radical (unpaired) electrons. The number of nitrogens with one attached hydrogen (secondary N) is 1. The molecule has 8 heteroatoms. The molecular weight excluding hydrogens is 455 g/mol. The smallest absolute Gasteiger partial charge is 0.447 e. The molecule has 7 nitrogen and oxygen atoms in total. The van der Waals surface area contributed by atoms with Crippen molar-refractivity contribution in [3.63, 3.8) is 0 Å². The predicted octanol–water partition coefficient (Wildman–Crippen LogP) is 4.08. The number of benzene rings is 1. The van der Waals surface area contributed by atoms with Gasteiger partial charge in [0.05, 0.1) is 23.7 Å². The van der Waals surface area contributed by atoms with Crippen molar-refractivity contribution in [3.8, 4) is 0 Å². The normalized spacial score (nSPS) is 32.9. The topological polar surface area (TPSA) is 77.1 Å². The van der Waals surface area contributed by atoms with E-state index in [1.807, 2.05) is 0 Å². The van der Waals surface area contributed by atoms with Gasteiger partial charge in [0.1, 0.15) is 6.61 Å². The van der Waals surface area contributed by atoms with E-state index in [1.54, 1.807) is 4.90 Å². The average Bonchev–Trinajstić information content (AvgIpc) is 3.46. The highest BCUT2D eigenvalue weighted by Crippen LogP contribution is 2.65. The number of carbonyl (C=O) groups excluding carboxylic acids is 2. The SMILES string of the molecule is C=CC(=O)N1CCC[C@@H]1COC(=O)NC(Cc1ccc(C)cc1)B1O[C@@H]2C[C@@H]3C[C@@H](C3(C)C)[C@]2(C)O1. The summed E-state index contributed by atoms with van der Waals surface area (Å²) in [4.78, 5) is 26.8. The van der Waals surface area contributed by atoms with Crippen LogP contribution in [-0.4, -0.2) is 60.9 Å². The van der Waals surface area contributed by atoms with Crippen molar-refractivity contribution in [2.24, 2.45) is 17.3 Å². The summed E-state index contributed by atoms with van der Waals surface area (Å²) < 4.78 is 18.8. The van der Waals surface area contributed by atoms with Crippen LogP contribution >= 0.6 is 0 Å². The molecule has 1 aromatic rings. The van der Waals surface area contributed by atoms with E-state index in [9.17, 15) is 9.59 Å². The third kappa shape index (κ3) is 4.47. The number of nitrogens with zero attached hydrogens (tertiary/aromatic N) is 1. The first-order valence-corrected chi connectivity index (χ1v) is 13.4. The quantitative estimate of drug-likeness (QED) is 0.457. The molecule has 1 N–H and O–H groups in total. The van der Waals surface area contributed by atoms with E-state index in [1.165, 1.54) is 18.1 Å². The van der Waals surface area contributed by atoms with Crippen LogP contribution in [0.4, 0.5) is 4.79 Å². The largest absolute Gasteiger partial charge is 0.482 e. The number of likely N-dealkylation sites (tertiary alicyclic amines) is 1. The highest BCUT2D eigenvalue weighted by Gasteiger charge is 2.68. The summed E-state index contributed by atoms with van der Waals surface area (Å²) in [6.45, 7) is 13.3. The van der Waals surface area contributed by atoms with Gasteiger partial charge in [0, 0.05) is 6.54 Å². The van der Waals surface area contributed by atoms with Gasteiger partial charge in [0.2, 0.25) is 5.91 Å². The summed E-state index contributed by atoms with van der Waals surface area (Å²) in [6.07, 6.45) is 5.29. The Bertz CT molecular complexity index is 1010. The fourth-order valence-electron chi connectivity index (χ4n) is 7.05. The lowest BCUT2D eigenvalue weighted by atomic mass is 9.43. The molecular formula is C28H39BN2O5. The molecule has 0 aromatic heterocycles. The van der Waals surface area contributed by atoms with E-state index in [4.69, 9.17) is 14.0 Å². The van der Waals surface area contributed by atoms with E-state index in [0.29, 0.717) is 24.8 Å².